The zero-order chi connectivity index (χ0) is 25.8. The third-order valence-electron chi connectivity index (χ3n) is 5.97. The van der Waals surface area contributed by atoms with Crippen molar-refractivity contribution in [2.45, 2.75) is 6.42 Å². The SMILES string of the molecule is CN(CCc1ccncc1)C(=O)c1cc(Oc2ccc3c(c2)nc(Nc2ccc(Cl)cc2)n3C)ccn1. The van der Waals surface area contributed by atoms with Crippen LogP contribution in [0, 0.1) is 0 Å². The molecule has 8 nitrogen and oxygen atoms in total. The fourth-order valence-electron chi connectivity index (χ4n) is 3.89. The van der Waals surface area contributed by atoms with Crippen LogP contribution in [0.4, 0.5) is 11.6 Å². The van der Waals surface area contributed by atoms with Gasteiger partial charge in [-0.2, -0.15) is 0 Å². The highest BCUT2D eigenvalue weighted by atomic mass is 35.5. The standard InChI is InChI=1S/C28H25ClN6O2/c1-34(16-12-19-9-13-30-14-10-19)27(36)25-18-23(11-15-31-25)37-22-7-8-26-24(17-22)33-28(35(26)2)32-21-5-3-20(29)4-6-21/h3-11,13-15,17-18H,12,16H2,1-2H3,(H,32,33). The Morgan fingerprint density at radius 1 is 1.00 bits per heavy atom. The summed E-state index contributed by atoms with van der Waals surface area (Å²) in [6.45, 7) is 0.568. The Labute approximate surface area is 219 Å². The first-order chi connectivity index (χ1) is 18.0. The summed E-state index contributed by atoms with van der Waals surface area (Å²) in [6.07, 6.45) is 5.81. The number of ether oxygens (including phenoxy) is 1. The molecule has 37 heavy (non-hydrogen) atoms. The Bertz CT molecular complexity index is 1540. The highest BCUT2D eigenvalue weighted by Gasteiger charge is 2.15. The molecule has 0 aliphatic carbocycles. The number of aromatic nitrogens is 4. The number of benzene rings is 2. The van der Waals surface area contributed by atoms with Crippen molar-refractivity contribution in [1.82, 2.24) is 24.4 Å². The molecule has 3 aromatic heterocycles. The Balaban J connectivity index is 1.28. The van der Waals surface area contributed by atoms with E-state index < -0.39 is 0 Å². The number of nitrogens with zero attached hydrogens (tertiary/aromatic N) is 5. The second-order valence-electron chi connectivity index (χ2n) is 8.59. The number of hydrogen-bond acceptors (Lipinski definition) is 6. The van der Waals surface area contributed by atoms with E-state index in [-0.39, 0.29) is 5.91 Å². The lowest BCUT2D eigenvalue weighted by molar-refractivity contribution is 0.0790. The van der Waals surface area contributed by atoms with Gasteiger partial charge in [0.05, 0.1) is 11.0 Å². The van der Waals surface area contributed by atoms with Gasteiger partial charge in [-0.25, -0.2) is 4.98 Å². The molecule has 186 valence electrons. The number of anilines is 2. The van der Waals surface area contributed by atoms with E-state index in [4.69, 9.17) is 21.3 Å². The normalized spacial score (nSPS) is 10.9. The first-order valence-electron chi connectivity index (χ1n) is 11.7. The maximum absolute atomic E-state index is 12.9. The molecule has 2 aromatic carbocycles. The van der Waals surface area contributed by atoms with E-state index in [1.54, 1.807) is 42.7 Å². The second kappa shape index (κ2) is 10.7. The van der Waals surface area contributed by atoms with Crippen molar-refractivity contribution in [3.63, 3.8) is 0 Å². The van der Waals surface area contributed by atoms with E-state index >= 15 is 0 Å². The number of hydrogen-bond donors (Lipinski definition) is 1. The van der Waals surface area contributed by atoms with Crippen LogP contribution in [0.25, 0.3) is 11.0 Å². The van der Waals surface area contributed by atoms with Crippen molar-refractivity contribution in [1.29, 1.82) is 0 Å². The Morgan fingerprint density at radius 2 is 1.76 bits per heavy atom. The van der Waals surface area contributed by atoms with Crippen LogP contribution in [0.1, 0.15) is 16.1 Å². The summed E-state index contributed by atoms with van der Waals surface area (Å²) in [7, 11) is 3.71. The lowest BCUT2D eigenvalue weighted by Gasteiger charge is -2.17. The first kappa shape index (κ1) is 24.3. The van der Waals surface area contributed by atoms with E-state index in [9.17, 15) is 4.79 Å². The van der Waals surface area contributed by atoms with Crippen molar-refractivity contribution >= 4 is 40.2 Å². The minimum atomic E-state index is -0.169. The molecule has 0 fully saturated rings. The van der Waals surface area contributed by atoms with Crippen molar-refractivity contribution < 1.29 is 9.53 Å². The van der Waals surface area contributed by atoms with Gasteiger partial charge in [0.25, 0.3) is 5.91 Å². The monoisotopic (exact) mass is 512 g/mol. The lowest BCUT2D eigenvalue weighted by Crippen LogP contribution is -2.29. The maximum Gasteiger partial charge on any atom is 0.272 e. The summed E-state index contributed by atoms with van der Waals surface area (Å²) in [6, 6.07) is 20.4. The van der Waals surface area contributed by atoms with Gasteiger partial charge in [-0.1, -0.05) is 11.6 Å². The molecule has 0 saturated carbocycles. The quantitative estimate of drug-likeness (QED) is 0.280. The summed E-state index contributed by atoms with van der Waals surface area (Å²) < 4.78 is 8.04. The number of fused-ring (bicyclic) bond motifs is 1. The summed E-state index contributed by atoms with van der Waals surface area (Å²) in [5.41, 5.74) is 4.06. The van der Waals surface area contributed by atoms with Crippen molar-refractivity contribution in [3.8, 4) is 11.5 Å². The van der Waals surface area contributed by atoms with E-state index in [0.717, 1.165) is 28.7 Å². The summed E-state index contributed by atoms with van der Waals surface area (Å²) in [5.74, 6) is 1.66. The minimum absolute atomic E-state index is 0.169. The molecule has 0 radical (unpaired) electrons. The number of pyridine rings is 2. The molecule has 9 heteroatoms. The average molecular weight is 513 g/mol. The van der Waals surface area contributed by atoms with Crippen LogP contribution >= 0.6 is 11.6 Å². The number of halogens is 1. The van der Waals surface area contributed by atoms with E-state index in [1.807, 2.05) is 66.2 Å². The van der Waals surface area contributed by atoms with Gasteiger partial charge in [0.1, 0.15) is 17.2 Å². The topological polar surface area (TPSA) is 85.2 Å². The van der Waals surface area contributed by atoms with Crippen molar-refractivity contribution in [3.05, 3.63) is 102 Å². The van der Waals surface area contributed by atoms with Gasteiger partial charge < -0.3 is 19.5 Å². The van der Waals surface area contributed by atoms with Crippen molar-refractivity contribution in [2.24, 2.45) is 7.05 Å². The number of nitrogens with one attached hydrogen (secondary N) is 1. The Morgan fingerprint density at radius 3 is 2.54 bits per heavy atom. The molecule has 5 rings (SSSR count). The summed E-state index contributed by atoms with van der Waals surface area (Å²) in [5, 5.41) is 3.98. The molecule has 0 aliphatic rings. The molecular weight excluding hydrogens is 488 g/mol. The average Bonchev–Trinajstić information content (AvgIpc) is 3.23. The van der Waals surface area contributed by atoms with E-state index in [2.05, 4.69) is 15.3 Å². The van der Waals surface area contributed by atoms with Crippen LogP contribution in [0.2, 0.25) is 5.02 Å². The van der Waals surface area contributed by atoms with Crippen LogP contribution < -0.4 is 10.1 Å². The molecular formula is C28H25ClN6O2. The number of aryl methyl sites for hydroxylation is 1. The Kier molecular flexibility index (Phi) is 7.00. The van der Waals surface area contributed by atoms with Gasteiger partial charge in [0.2, 0.25) is 5.95 Å². The van der Waals surface area contributed by atoms with Crippen LogP contribution in [-0.4, -0.2) is 43.9 Å². The summed E-state index contributed by atoms with van der Waals surface area (Å²) >= 11 is 5.98. The molecule has 0 aliphatic heterocycles. The number of amides is 1. The molecule has 5 aromatic rings. The van der Waals surface area contributed by atoms with E-state index in [0.29, 0.717) is 34.7 Å². The smallest absolute Gasteiger partial charge is 0.272 e. The highest BCUT2D eigenvalue weighted by molar-refractivity contribution is 6.30. The zero-order valence-corrected chi connectivity index (χ0v) is 21.2. The largest absolute Gasteiger partial charge is 0.457 e. The fourth-order valence-corrected chi connectivity index (χ4v) is 4.01. The number of rotatable bonds is 8. The predicted octanol–water partition coefficient (Wildman–Crippen LogP) is 5.87. The number of likely N-dealkylation sites (N-methyl/N-ethyl adjacent to an activating group) is 1. The zero-order valence-electron chi connectivity index (χ0n) is 20.4. The number of carbonyl (C=O) groups is 1. The fraction of sp³-hybridized carbons (Fsp3) is 0.143. The molecule has 1 N–H and O–H groups in total. The van der Waals surface area contributed by atoms with Gasteiger partial charge in [0, 0.05) is 62.1 Å². The predicted molar refractivity (Wildman–Crippen MR) is 145 cm³/mol. The second-order valence-corrected chi connectivity index (χ2v) is 9.02. The molecule has 0 saturated heterocycles. The molecule has 0 bridgehead atoms. The lowest BCUT2D eigenvalue weighted by atomic mass is 10.2. The molecule has 1 amide bonds. The van der Waals surface area contributed by atoms with Gasteiger partial charge in [-0.05, 0) is 66.6 Å². The highest BCUT2D eigenvalue weighted by Crippen LogP contribution is 2.28. The van der Waals surface area contributed by atoms with Gasteiger partial charge in [0.15, 0.2) is 0 Å². The minimum Gasteiger partial charge on any atom is -0.457 e. The molecule has 0 spiro atoms. The first-order valence-corrected chi connectivity index (χ1v) is 12.1. The number of carbonyl (C=O) groups excluding carboxylic acids is 1. The molecule has 3 heterocycles. The maximum atomic E-state index is 12.9. The van der Waals surface area contributed by atoms with Gasteiger partial charge in [-0.3, -0.25) is 14.8 Å². The van der Waals surface area contributed by atoms with E-state index in [1.165, 1.54) is 0 Å². The van der Waals surface area contributed by atoms with Crippen LogP contribution in [0.3, 0.4) is 0 Å². The van der Waals surface area contributed by atoms with Crippen LogP contribution in [0.15, 0.2) is 85.3 Å². The third kappa shape index (κ3) is 5.70. The van der Waals surface area contributed by atoms with Crippen LogP contribution in [0.5, 0.6) is 11.5 Å². The van der Waals surface area contributed by atoms with Crippen LogP contribution in [-0.2, 0) is 13.5 Å². The van der Waals surface area contributed by atoms with Crippen molar-refractivity contribution in [2.75, 3.05) is 18.9 Å². The third-order valence-corrected chi connectivity index (χ3v) is 6.22. The molecule has 0 unspecified atom stereocenters. The van der Waals surface area contributed by atoms with Gasteiger partial charge in [-0.15, -0.1) is 0 Å². The molecule has 0 atom stereocenters. The number of imidazole rings is 1. The Hall–Kier alpha value is -4.43. The van der Waals surface area contributed by atoms with Gasteiger partial charge >= 0.3 is 0 Å². The summed E-state index contributed by atoms with van der Waals surface area (Å²) in [4.78, 5) is 27.6.